The number of ether oxygens (including phenoxy) is 1. The van der Waals surface area contributed by atoms with E-state index in [0.29, 0.717) is 0 Å². The Hall–Kier alpha value is -2.11. The molecular weight excluding hydrogens is 306 g/mol. The largest absolute Gasteiger partial charge is 0.452 e. The van der Waals surface area contributed by atoms with Gasteiger partial charge in [-0.05, 0) is 51.5 Å². The van der Waals surface area contributed by atoms with E-state index in [1.54, 1.807) is 10.8 Å². The summed E-state index contributed by atoms with van der Waals surface area (Å²) in [5, 5.41) is 7.22. The van der Waals surface area contributed by atoms with E-state index in [1.807, 2.05) is 20.9 Å². The van der Waals surface area contributed by atoms with E-state index >= 15 is 0 Å². The molecule has 6 heteroatoms. The van der Waals surface area contributed by atoms with Crippen LogP contribution in [0, 0.1) is 19.8 Å². The van der Waals surface area contributed by atoms with E-state index in [1.165, 1.54) is 6.08 Å². The zero-order valence-electron chi connectivity index (χ0n) is 15.0. The van der Waals surface area contributed by atoms with E-state index in [2.05, 4.69) is 17.3 Å². The number of nitrogens with one attached hydrogen (secondary N) is 1. The number of rotatable bonds is 5. The molecule has 0 spiro atoms. The number of aryl methyl sites for hydroxylation is 2. The highest BCUT2D eigenvalue weighted by molar-refractivity contribution is 5.89. The van der Waals surface area contributed by atoms with Crippen LogP contribution in [0.25, 0.3) is 6.08 Å². The van der Waals surface area contributed by atoms with Crippen molar-refractivity contribution >= 4 is 18.0 Å². The van der Waals surface area contributed by atoms with E-state index in [0.717, 1.165) is 48.6 Å². The van der Waals surface area contributed by atoms with Crippen molar-refractivity contribution in [2.24, 2.45) is 13.0 Å². The van der Waals surface area contributed by atoms with Gasteiger partial charge < -0.3 is 10.1 Å². The molecule has 132 valence electrons. The van der Waals surface area contributed by atoms with Gasteiger partial charge in [-0.15, -0.1) is 0 Å². The van der Waals surface area contributed by atoms with Crippen molar-refractivity contribution in [3.05, 3.63) is 23.0 Å². The molecule has 0 unspecified atom stereocenters. The maximum Gasteiger partial charge on any atom is 0.331 e. The summed E-state index contributed by atoms with van der Waals surface area (Å²) >= 11 is 0. The van der Waals surface area contributed by atoms with Gasteiger partial charge in [-0.1, -0.05) is 6.92 Å². The van der Waals surface area contributed by atoms with Gasteiger partial charge >= 0.3 is 5.97 Å². The molecule has 0 aromatic carbocycles. The van der Waals surface area contributed by atoms with Crippen molar-refractivity contribution in [2.75, 3.05) is 6.61 Å². The predicted molar refractivity (Wildman–Crippen MR) is 92.2 cm³/mol. The van der Waals surface area contributed by atoms with Crippen LogP contribution < -0.4 is 5.32 Å². The summed E-state index contributed by atoms with van der Waals surface area (Å²) in [6, 6.07) is 0.212. The maximum absolute atomic E-state index is 11.9. The molecule has 0 saturated heterocycles. The van der Waals surface area contributed by atoms with Crippen molar-refractivity contribution in [2.45, 2.75) is 52.5 Å². The molecule has 1 aromatic rings. The van der Waals surface area contributed by atoms with Crippen LogP contribution in [0.4, 0.5) is 0 Å². The van der Waals surface area contributed by atoms with Gasteiger partial charge in [0.2, 0.25) is 0 Å². The Morgan fingerprint density at radius 3 is 2.54 bits per heavy atom. The Morgan fingerprint density at radius 2 is 1.96 bits per heavy atom. The maximum atomic E-state index is 11.9. The predicted octanol–water partition coefficient (Wildman–Crippen LogP) is 2.29. The van der Waals surface area contributed by atoms with Crippen molar-refractivity contribution in [3.63, 3.8) is 0 Å². The van der Waals surface area contributed by atoms with Gasteiger partial charge in [0.05, 0.1) is 5.69 Å². The van der Waals surface area contributed by atoms with Crippen LogP contribution in [0.15, 0.2) is 6.08 Å². The minimum Gasteiger partial charge on any atom is -0.452 e. The number of carbonyl (C=O) groups excluding carboxylic acids is 2. The topological polar surface area (TPSA) is 73.2 Å². The van der Waals surface area contributed by atoms with Crippen molar-refractivity contribution in [1.82, 2.24) is 15.1 Å². The number of amides is 1. The highest BCUT2D eigenvalue weighted by atomic mass is 16.5. The number of aromatic nitrogens is 2. The van der Waals surface area contributed by atoms with E-state index in [-0.39, 0.29) is 18.6 Å². The second kappa shape index (κ2) is 8.13. The van der Waals surface area contributed by atoms with Crippen LogP contribution in [0.2, 0.25) is 0 Å². The van der Waals surface area contributed by atoms with Crippen molar-refractivity contribution in [3.8, 4) is 0 Å². The van der Waals surface area contributed by atoms with Crippen LogP contribution in [-0.4, -0.2) is 34.3 Å². The lowest BCUT2D eigenvalue weighted by atomic mass is 9.87. The van der Waals surface area contributed by atoms with Crippen molar-refractivity contribution in [1.29, 1.82) is 0 Å². The summed E-state index contributed by atoms with van der Waals surface area (Å²) in [6.07, 6.45) is 7.29. The number of nitrogens with zero attached hydrogens (tertiary/aromatic N) is 2. The second-order valence-electron chi connectivity index (χ2n) is 6.67. The van der Waals surface area contributed by atoms with E-state index in [9.17, 15) is 9.59 Å². The molecule has 6 nitrogen and oxygen atoms in total. The van der Waals surface area contributed by atoms with Crippen LogP contribution >= 0.6 is 0 Å². The molecule has 2 rings (SSSR count). The average Bonchev–Trinajstić information content (AvgIpc) is 2.78. The molecule has 1 aliphatic carbocycles. The highest BCUT2D eigenvalue weighted by Crippen LogP contribution is 2.23. The first kappa shape index (κ1) is 18.2. The summed E-state index contributed by atoms with van der Waals surface area (Å²) in [7, 11) is 1.86. The Balaban J connectivity index is 1.76. The van der Waals surface area contributed by atoms with Gasteiger partial charge in [-0.2, -0.15) is 5.10 Å². The SMILES string of the molecule is Cc1nn(C)c(C)c1/C=C/C(=O)OCC(=O)NC1CCC(C)CC1. The number of carbonyl (C=O) groups is 2. The summed E-state index contributed by atoms with van der Waals surface area (Å²) in [6.45, 7) is 5.82. The molecule has 1 aliphatic rings. The fraction of sp³-hybridized carbons (Fsp3) is 0.611. The molecular formula is C18H27N3O3. The third kappa shape index (κ3) is 4.94. The molecule has 1 aromatic heterocycles. The molecule has 1 amide bonds. The van der Waals surface area contributed by atoms with Gasteiger partial charge in [0.25, 0.3) is 5.91 Å². The van der Waals surface area contributed by atoms with Crippen LogP contribution in [0.1, 0.15) is 49.6 Å². The van der Waals surface area contributed by atoms with Crippen molar-refractivity contribution < 1.29 is 14.3 Å². The smallest absolute Gasteiger partial charge is 0.331 e. The Morgan fingerprint density at radius 1 is 1.29 bits per heavy atom. The Labute approximate surface area is 143 Å². The van der Waals surface area contributed by atoms with E-state index < -0.39 is 5.97 Å². The molecule has 1 fully saturated rings. The minimum absolute atomic E-state index is 0.212. The molecule has 1 N–H and O–H groups in total. The zero-order chi connectivity index (χ0) is 17.7. The standard InChI is InChI=1S/C18H27N3O3/c1-12-5-7-15(8-6-12)19-17(22)11-24-18(23)10-9-16-13(2)20-21(4)14(16)3/h9-10,12,15H,5-8,11H2,1-4H3,(H,19,22)/b10-9+. The first-order chi connectivity index (χ1) is 11.4. The fourth-order valence-electron chi connectivity index (χ4n) is 3.04. The third-order valence-electron chi connectivity index (χ3n) is 4.68. The van der Waals surface area contributed by atoms with Crippen LogP contribution in [0.5, 0.6) is 0 Å². The second-order valence-corrected chi connectivity index (χ2v) is 6.67. The number of hydrogen-bond donors (Lipinski definition) is 1. The highest BCUT2D eigenvalue weighted by Gasteiger charge is 2.20. The normalized spacial score (nSPS) is 21.0. The van der Waals surface area contributed by atoms with Gasteiger partial charge in [-0.25, -0.2) is 4.79 Å². The molecule has 0 bridgehead atoms. The quantitative estimate of drug-likeness (QED) is 0.663. The molecule has 0 aliphatic heterocycles. The van der Waals surface area contributed by atoms with E-state index in [4.69, 9.17) is 4.74 Å². The third-order valence-corrected chi connectivity index (χ3v) is 4.68. The van der Waals surface area contributed by atoms with Gasteiger partial charge in [0.15, 0.2) is 6.61 Å². The molecule has 24 heavy (non-hydrogen) atoms. The monoisotopic (exact) mass is 333 g/mol. The lowest BCUT2D eigenvalue weighted by molar-refractivity contribution is -0.144. The number of hydrogen-bond acceptors (Lipinski definition) is 4. The van der Waals surface area contributed by atoms with Gasteiger partial charge in [0, 0.05) is 30.4 Å². The van der Waals surface area contributed by atoms with Crippen LogP contribution in [0.3, 0.4) is 0 Å². The lowest BCUT2D eigenvalue weighted by Crippen LogP contribution is -2.39. The molecule has 0 radical (unpaired) electrons. The lowest BCUT2D eigenvalue weighted by Gasteiger charge is -2.26. The summed E-state index contributed by atoms with van der Waals surface area (Å²) < 4.78 is 6.77. The van der Waals surface area contributed by atoms with Gasteiger partial charge in [0.1, 0.15) is 0 Å². The van der Waals surface area contributed by atoms with Gasteiger partial charge in [-0.3, -0.25) is 9.48 Å². The Bertz CT molecular complexity index is 626. The number of esters is 1. The minimum atomic E-state index is -0.523. The van der Waals surface area contributed by atoms with Crippen LogP contribution in [-0.2, 0) is 21.4 Å². The summed E-state index contributed by atoms with van der Waals surface area (Å²) in [5.74, 6) is -0.0179. The molecule has 0 atom stereocenters. The average molecular weight is 333 g/mol. The first-order valence-corrected chi connectivity index (χ1v) is 8.51. The molecule has 1 saturated carbocycles. The summed E-state index contributed by atoms with van der Waals surface area (Å²) in [5.41, 5.74) is 2.72. The zero-order valence-corrected chi connectivity index (χ0v) is 15.0. The molecule has 1 heterocycles. The Kier molecular flexibility index (Phi) is 6.17. The fourth-order valence-corrected chi connectivity index (χ4v) is 3.04. The first-order valence-electron chi connectivity index (χ1n) is 8.51. The summed E-state index contributed by atoms with van der Waals surface area (Å²) in [4.78, 5) is 23.6.